The zero-order valence-corrected chi connectivity index (χ0v) is 13.5. The highest BCUT2D eigenvalue weighted by Crippen LogP contribution is 2.40. The summed E-state index contributed by atoms with van der Waals surface area (Å²) < 4.78 is 0. The number of carbonyl (C=O) groups is 1. The van der Waals surface area contributed by atoms with Gasteiger partial charge in [0.1, 0.15) is 4.87 Å². The lowest BCUT2D eigenvalue weighted by Gasteiger charge is -2.24. The zero-order valence-electron chi connectivity index (χ0n) is 12.0. The third kappa shape index (κ3) is 3.12. The largest absolute Gasteiger partial charge is 0.336 e. The lowest BCUT2D eigenvalue weighted by molar-refractivity contribution is -0.130. The number of nitrogens with zero attached hydrogens (tertiary/aromatic N) is 1. The molecule has 3 atom stereocenters. The van der Waals surface area contributed by atoms with Crippen molar-refractivity contribution in [3.8, 4) is 0 Å². The molecule has 1 aromatic carbocycles. The van der Waals surface area contributed by atoms with Crippen molar-refractivity contribution in [3.63, 3.8) is 0 Å². The van der Waals surface area contributed by atoms with Crippen LogP contribution in [0.1, 0.15) is 32.3 Å². The van der Waals surface area contributed by atoms with Crippen LogP contribution in [0.2, 0.25) is 0 Å². The number of alkyl halides is 2. The van der Waals surface area contributed by atoms with Crippen LogP contribution in [0.15, 0.2) is 30.3 Å². The molecular formula is C16H21Cl2NO. The normalized spacial score (nSPS) is 27.9. The summed E-state index contributed by atoms with van der Waals surface area (Å²) in [5.41, 5.74) is 1.12. The summed E-state index contributed by atoms with van der Waals surface area (Å²) in [6, 6.07) is 9.98. The Hall–Kier alpha value is -0.730. The van der Waals surface area contributed by atoms with E-state index in [1.165, 1.54) is 0 Å². The second kappa shape index (κ2) is 6.36. The minimum atomic E-state index is -0.879. The molecule has 1 aromatic rings. The summed E-state index contributed by atoms with van der Waals surface area (Å²) in [4.78, 5) is 13.4. The summed E-state index contributed by atoms with van der Waals surface area (Å²) in [5.74, 6) is -0.00299. The van der Waals surface area contributed by atoms with Crippen molar-refractivity contribution >= 4 is 29.1 Å². The van der Waals surface area contributed by atoms with Gasteiger partial charge in [-0.05, 0) is 18.9 Å². The highest BCUT2D eigenvalue weighted by molar-refractivity contribution is 6.36. The van der Waals surface area contributed by atoms with Gasteiger partial charge in [0.25, 0.3) is 0 Å². The van der Waals surface area contributed by atoms with Crippen LogP contribution in [-0.2, 0) is 11.3 Å². The summed E-state index contributed by atoms with van der Waals surface area (Å²) in [7, 11) is 0. The van der Waals surface area contributed by atoms with Crippen LogP contribution in [0.4, 0.5) is 0 Å². The van der Waals surface area contributed by atoms with Crippen molar-refractivity contribution in [2.24, 2.45) is 5.92 Å². The summed E-state index contributed by atoms with van der Waals surface area (Å²) in [6.07, 6.45) is 1.89. The molecular weight excluding hydrogens is 293 g/mol. The molecule has 1 amide bonds. The smallest absolute Gasteiger partial charge is 0.244 e. The fourth-order valence-corrected chi connectivity index (χ4v) is 3.79. The molecule has 0 spiro atoms. The van der Waals surface area contributed by atoms with Crippen molar-refractivity contribution in [1.82, 2.24) is 4.90 Å². The SMILES string of the molecule is CCCC(Cl)[C@H]1CN(Cc2ccccc2)C(=O)[C@@]1(C)Cl. The Balaban J connectivity index is 2.12. The van der Waals surface area contributed by atoms with E-state index in [2.05, 4.69) is 6.92 Å². The average Bonchev–Trinajstić information content (AvgIpc) is 2.64. The first kappa shape index (κ1) is 15.7. The maximum Gasteiger partial charge on any atom is 0.244 e. The molecule has 110 valence electrons. The van der Waals surface area contributed by atoms with Gasteiger partial charge in [0.05, 0.1) is 0 Å². The number of hydrogen-bond acceptors (Lipinski definition) is 1. The second-order valence-corrected chi connectivity index (χ2v) is 7.00. The van der Waals surface area contributed by atoms with E-state index in [0.717, 1.165) is 18.4 Å². The summed E-state index contributed by atoms with van der Waals surface area (Å²) >= 11 is 12.9. The third-order valence-electron chi connectivity index (χ3n) is 4.04. The molecule has 4 heteroatoms. The lowest BCUT2D eigenvalue weighted by atomic mass is 9.91. The van der Waals surface area contributed by atoms with Crippen molar-refractivity contribution < 1.29 is 4.79 Å². The van der Waals surface area contributed by atoms with Crippen LogP contribution in [0, 0.1) is 5.92 Å². The fraction of sp³-hybridized carbons (Fsp3) is 0.562. The van der Waals surface area contributed by atoms with Crippen LogP contribution in [0.5, 0.6) is 0 Å². The van der Waals surface area contributed by atoms with E-state index in [-0.39, 0.29) is 17.2 Å². The Morgan fingerprint density at radius 1 is 1.40 bits per heavy atom. The van der Waals surface area contributed by atoms with Crippen LogP contribution in [0.25, 0.3) is 0 Å². The van der Waals surface area contributed by atoms with E-state index in [1.807, 2.05) is 35.2 Å². The summed E-state index contributed by atoms with van der Waals surface area (Å²) in [6.45, 7) is 5.15. The quantitative estimate of drug-likeness (QED) is 0.751. The Morgan fingerprint density at radius 3 is 2.65 bits per heavy atom. The Labute approximate surface area is 131 Å². The molecule has 0 bridgehead atoms. The maximum absolute atomic E-state index is 12.5. The van der Waals surface area contributed by atoms with Crippen molar-refractivity contribution in [2.75, 3.05) is 6.54 Å². The molecule has 1 heterocycles. The molecule has 2 nitrogen and oxygen atoms in total. The number of halogens is 2. The van der Waals surface area contributed by atoms with Crippen LogP contribution < -0.4 is 0 Å². The van der Waals surface area contributed by atoms with E-state index in [0.29, 0.717) is 13.1 Å². The molecule has 20 heavy (non-hydrogen) atoms. The minimum absolute atomic E-state index is 0.00185. The topological polar surface area (TPSA) is 20.3 Å². The van der Waals surface area contributed by atoms with Gasteiger partial charge in [-0.25, -0.2) is 0 Å². The standard InChI is InChI=1S/C16H21Cl2NO/c1-3-7-14(17)13-11-19(15(20)16(13,2)18)10-12-8-5-4-6-9-12/h4-6,8-9,13-14H,3,7,10-11H2,1-2H3/t13-,14?,16+/m1/s1. The monoisotopic (exact) mass is 313 g/mol. The highest BCUT2D eigenvalue weighted by Gasteiger charge is 2.51. The second-order valence-electron chi connectivity index (χ2n) is 5.66. The van der Waals surface area contributed by atoms with Crippen LogP contribution in [0.3, 0.4) is 0 Å². The van der Waals surface area contributed by atoms with Gasteiger partial charge in [0.15, 0.2) is 0 Å². The number of hydrogen-bond donors (Lipinski definition) is 0. The first-order valence-electron chi connectivity index (χ1n) is 7.13. The van der Waals surface area contributed by atoms with Gasteiger partial charge in [0, 0.05) is 24.4 Å². The molecule has 0 radical (unpaired) electrons. The van der Waals surface area contributed by atoms with Gasteiger partial charge < -0.3 is 4.90 Å². The van der Waals surface area contributed by atoms with Crippen molar-refractivity contribution in [3.05, 3.63) is 35.9 Å². The summed E-state index contributed by atoms with van der Waals surface area (Å²) in [5, 5.41) is -0.0489. The molecule has 1 aliphatic rings. The van der Waals surface area contributed by atoms with Crippen LogP contribution >= 0.6 is 23.2 Å². The Kier molecular flexibility index (Phi) is 4.98. The number of carbonyl (C=O) groups excluding carboxylic acids is 1. The average molecular weight is 314 g/mol. The minimum Gasteiger partial charge on any atom is -0.336 e. The molecule has 1 fully saturated rings. The number of rotatable bonds is 5. The first-order valence-corrected chi connectivity index (χ1v) is 7.94. The number of amides is 1. The van der Waals surface area contributed by atoms with Gasteiger partial charge in [-0.3, -0.25) is 4.79 Å². The molecule has 0 aliphatic carbocycles. The van der Waals surface area contributed by atoms with Crippen molar-refractivity contribution in [1.29, 1.82) is 0 Å². The van der Waals surface area contributed by atoms with Crippen molar-refractivity contribution in [2.45, 2.75) is 43.5 Å². The van der Waals surface area contributed by atoms with Crippen LogP contribution in [-0.4, -0.2) is 27.6 Å². The van der Waals surface area contributed by atoms with E-state index >= 15 is 0 Å². The Morgan fingerprint density at radius 2 is 2.05 bits per heavy atom. The third-order valence-corrected chi connectivity index (χ3v) is 5.00. The molecule has 0 N–H and O–H groups in total. The van der Waals surface area contributed by atoms with E-state index in [1.54, 1.807) is 6.92 Å². The fourth-order valence-electron chi connectivity index (χ4n) is 2.83. The number of benzene rings is 1. The highest BCUT2D eigenvalue weighted by atomic mass is 35.5. The molecule has 1 unspecified atom stereocenters. The van der Waals surface area contributed by atoms with E-state index in [9.17, 15) is 4.79 Å². The van der Waals surface area contributed by atoms with Gasteiger partial charge in [-0.1, -0.05) is 43.7 Å². The molecule has 0 aromatic heterocycles. The van der Waals surface area contributed by atoms with Gasteiger partial charge >= 0.3 is 0 Å². The zero-order chi connectivity index (χ0) is 14.8. The molecule has 2 rings (SSSR count). The first-order chi connectivity index (χ1) is 9.46. The Bertz CT molecular complexity index is 461. The van der Waals surface area contributed by atoms with Gasteiger partial charge in [0.2, 0.25) is 5.91 Å². The lowest BCUT2D eigenvalue weighted by Crippen LogP contribution is -2.37. The van der Waals surface area contributed by atoms with Gasteiger partial charge in [-0.2, -0.15) is 0 Å². The predicted molar refractivity (Wildman–Crippen MR) is 84.2 cm³/mol. The van der Waals surface area contributed by atoms with Gasteiger partial charge in [-0.15, -0.1) is 23.2 Å². The predicted octanol–water partition coefficient (Wildman–Crippen LogP) is 4.05. The maximum atomic E-state index is 12.5. The van der Waals surface area contributed by atoms with E-state index < -0.39 is 4.87 Å². The van der Waals surface area contributed by atoms with E-state index in [4.69, 9.17) is 23.2 Å². The molecule has 1 aliphatic heterocycles. The molecule has 1 saturated heterocycles. The molecule has 0 saturated carbocycles. The number of likely N-dealkylation sites (tertiary alicyclic amines) is 1.